The predicted octanol–water partition coefficient (Wildman–Crippen LogP) is 3.12. The number of aryl methyl sites for hydroxylation is 1. The molecule has 25 heavy (non-hydrogen) atoms. The molecule has 0 unspecified atom stereocenters. The van der Waals surface area contributed by atoms with Crippen molar-refractivity contribution < 1.29 is 22.3 Å². The van der Waals surface area contributed by atoms with E-state index in [9.17, 15) is 12.8 Å². The summed E-state index contributed by atoms with van der Waals surface area (Å²) in [6.45, 7) is 5.99. The van der Waals surface area contributed by atoms with Gasteiger partial charge in [0.05, 0.1) is 10.4 Å². The van der Waals surface area contributed by atoms with Gasteiger partial charge in [0.1, 0.15) is 19.0 Å². The topological polar surface area (TPSA) is 64.6 Å². The Morgan fingerprint density at radius 2 is 1.72 bits per heavy atom. The maximum Gasteiger partial charge on any atom is 0.241 e. The maximum absolute atomic E-state index is 13.4. The van der Waals surface area contributed by atoms with Crippen molar-refractivity contribution in [1.29, 1.82) is 0 Å². The molecule has 1 heterocycles. The molecule has 1 aliphatic heterocycles. The average molecular weight is 365 g/mol. The molecule has 0 saturated heterocycles. The highest BCUT2D eigenvalue weighted by Gasteiger charge is 2.29. The molecule has 2 aromatic carbocycles. The lowest BCUT2D eigenvalue weighted by atomic mass is 9.95. The Balaban J connectivity index is 1.90. The molecule has 0 spiro atoms. The molecule has 5 nitrogen and oxygen atoms in total. The van der Waals surface area contributed by atoms with Gasteiger partial charge in [0.25, 0.3) is 0 Å². The van der Waals surface area contributed by atoms with Crippen LogP contribution in [0.3, 0.4) is 0 Å². The molecule has 0 saturated carbocycles. The Hall–Kier alpha value is -2.12. The molecule has 0 aromatic heterocycles. The highest BCUT2D eigenvalue weighted by atomic mass is 32.2. The van der Waals surface area contributed by atoms with E-state index in [4.69, 9.17) is 9.47 Å². The van der Waals surface area contributed by atoms with Gasteiger partial charge in [0.2, 0.25) is 10.0 Å². The van der Waals surface area contributed by atoms with E-state index in [1.807, 2.05) is 0 Å². The third-order valence-electron chi connectivity index (χ3n) is 4.09. The van der Waals surface area contributed by atoms with Crippen LogP contribution < -0.4 is 14.2 Å². The molecule has 0 atom stereocenters. The third-order valence-corrected chi connectivity index (χ3v) is 5.75. The van der Waals surface area contributed by atoms with Crippen LogP contribution in [-0.4, -0.2) is 21.6 Å². The lowest BCUT2D eigenvalue weighted by Crippen LogP contribution is -2.41. The van der Waals surface area contributed by atoms with Crippen molar-refractivity contribution in [2.75, 3.05) is 13.2 Å². The Morgan fingerprint density at radius 3 is 2.40 bits per heavy atom. The van der Waals surface area contributed by atoms with Gasteiger partial charge in [-0.1, -0.05) is 6.07 Å². The van der Waals surface area contributed by atoms with E-state index in [2.05, 4.69) is 4.72 Å². The predicted molar refractivity (Wildman–Crippen MR) is 91.9 cm³/mol. The van der Waals surface area contributed by atoms with Gasteiger partial charge in [-0.05, 0) is 62.2 Å². The molecule has 0 amide bonds. The molecule has 7 heteroatoms. The van der Waals surface area contributed by atoms with Gasteiger partial charge in [0.15, 0.2) is 11.5 Å². The van der Waals surface area contributed by atoms with Crippen LogP contribution in [0.15, 0.2) is 41.3 Å². The van der Waals surface area contributed by atoms with Gasteiger partial charge < -0.3 is 9.47 Å². The van der Waals surface area contributed by atoms with Gasteiger partial charge in [0, 0.05) is 0 Å². The van der Waals surface area contributed by atoms with E-state index >= 15 is 0 Å². The molecule has 1 N–H and O–H groups in total. The summed E-state index contributed by atoms with van der Waals surface area (Å²) in [5.41, 5.74) is 0.121. The van der Waals surface area contributed by atoms with Gasteiger partial charge in [-0.25, -0.2) is 17.5 Å². The summed E-state index contributed by atoms with van der Waals surface area (Å²) in [6, 6.07) is 9.06. The number of hydrogen-bond donors (Lipinski definition) is 1. The molecule has 0 aliphatic carbocycles. The van der Waals surface area contributed by atoms with Crippen molar-refractivity contribution in [3.63, 3.8) is 0 Å². The van der Waals surface area contributed by atoms with Crippen molar-refractivity contribution in [3.05, 3.63) is 53.3 Å². The lowest BCUT2D eigenvalue weighted by Gasteiger charge is -2.28. The fraction of sp³-hybridized carbons (Fsp3) is 0.333. The summed E-state index contributed by atoms with van der Waals surface area (Å²) in [5.74, 6) is 0.793. The van der Waals surface area contributed by atoms with Gasteiger partial charge in [-0.3, -0.25) is 0 Å². The zero-order chi connectivity index (χ0) is 18.2. The van der Waals surface area contributed by atoms with E-state index in [-0.39, 0.29) is 10.5 Å². The van der Waals surface area contributed by atoms with Crippen LogP contribution in [-0.2, 0) is 15.6 Å². The summed E-state index contributed by atoms with van der Waals surface area (Å²) in [4.78, 5) is 0.0250. The summed E-state index contributed by atoms with van der Waals surface area (Å²) in [6.07, 6.45) is 0. The normalized spacial score (nSPS) is 14.4. The fourth-order valence-corrected chi connectivity index (χ4v) is 4.16. The van der Waals surface area contributed by atoms with Crippen LogP contribution in [0.1, 0.15) is 25.0 Å². The second-order valence-corrected chi connectivity index (χ2v) is 8.18. The summed E-state index contributed by atoms with van der Waals surface area (Å²) in [5, 5.41) is 0. The van der Waals surface area contributed by atoms with Crippen molar-refractivity contribution in [2.45, 2.75) is 31.2 Å². The number of halogens is 1. The van der Waals surface area contributed by atoms with Crippen molar-refractivity contribution in [1.82, 2.24) is 4.72 Å². The minimum Gasteiger partial charge on any atom is -0.486 e. The van der Waals surface area contributed by atoms with Gasteiger partial charge >= 0.3 is 0 Å². The largest absolute Gasteiger partial charge is 0.486 e. The zero-order valence-corrected chi connectivity index (χ0v) is 15.1. The van der Waals surface area contributed by atoms with Crippen LogP contribution in [0.5, 0.6) is 11.5 Å². The Morgan fingerprint density at radius 1 is 1.04 bits per heavy atom. The second kappa shape index (κ2) is 6.31. The zero-order valence-electron chi connectivity index (χ0n) is 14.3. The first kappa shape index (κ1) is 17.7. The average Bonchev–Trinajstić information content (AvgIpc) is 2.56. The molecular weight excluding hydrogens is 345 g/mol. The van der Waals surface area contributed by atoms with Crippen LogP contribution >= 0.6 is 0 Å². The molecular formula is C18H20FNO4S. The van der Waals surface area contributed by atoms with Crippen LogP contribution in [0, 0.1) is 12.7 Å². The Bertz CT molecular complexity index is 909. The first-order valence-corrected chi connectivity index (χ1v) is 9.38. The highest BCUT2D eigenvalue weighted by molar-refractivity contribution is 7.89. The SMILES string of the molecule is Cc1cc(S(=O)(=O)NC(C)(C)c2ccc3c(c2)OCCO3)ccc1F. The molecule has 2 aromatic rings. The van der Waals surface area contributed by atoms with Crippen LogP contribution in [0.25, 0.3) is 0 Å². The Labute approximate surface area is 146 Å². The quantitative estimate of drug-likeness (QED) is 0.904. The molecule has 0 bridgehead atoms. The number of rotatable bonds is 4. The summed E-state index contributed by atoms with van der Waals surface area (Å²) in [7, 11) is -3.82. The van der Waals surface area contributed by atoms with Crippen molar-refractivity contribution in [3.8, 4) is 11.5 Å². The summed E-state index contributed by atoms with van der Waals surface area (Å²) >= 11 is 0. The minimum atomic E-state index is -3.82. The number of ether oxygens (including phenoxy) is 2. The molecule has 0 radical (unpaired) electrons. The van der Waals surface area contributed by atoms with Crippen molar-refractivity contribution in [2.24, 2.45) is 0 Å². The second-order valence-electron chi connectivity index (χ2n) is 6.50. The van der Waals surface area contributed by atoms with Crippen LogP contribution in [0.2, 0.25) is 0 Å². The Kier molecular flexibility index (Phi) is 4.47. The molecule has 3 rings (SSSR count). The van der Waals surface area contributed by atoms with E-state index in [1.54, 1.807) is 32.0 Å². The lowest BCUT2D eigenvalue weighted by molar-refractivity contribution is 0.171. The molecule has 1 aliphatic rings. The van der Waals surface area contributed by atoms with E-state index in [1.165, 1.54) is 19.1 Å². The number of benzene rings is 2. The van der Waals surface area contributed by atoms with E-state index in [0.29, 0.717) is 24.7 Å². The van der Waals surface area contributed by atoms with E-state index in [0.717, 1.165) is 11.6 Å². The highest BCUT2D eigenvalue weighted by Crippen LogP contribution is 2.34. The number of fused-ring (bicyclic) bond motifs is 1. The first-order valence-electron chi connectivity index (χ1n) is 7.89. The molecule has 0 fully saturated rings. The van der Waals surface area contributed by atoms with E-state index < -0.39 is 21.4 Å². The minimum absolute atomic E-state index is 0.0250. The van der Waals surface area contributed by atoms with Crippen molar-refractivity contribution >= 4 is 10.0 Å². The standard InChI is InChI=1S/C18H20FNO4S/c1-12-10-14(5-6-15(12)19)25(21,22)20-18(2,3)13-4-7-16-17(11-13)24-9-8-23-16/h4-7,10-11,20H,8-9H2,1-3H3. The number of sulfonamides is 1. The smallest absolute Gasteiger partial charge is 0.241 e. The van der Waals surface area contributed by atoms with Gasteiger partial charge in [-0.15, -0.1) is 0 Å². The first-order chi connectivity index (χ1) is 11.7. The maximum atomic E-state index is 13.4. The fourth-order valence-electron chi connectivity index (χ4n) is 2.67. The summed E-state index contributed by atoms with van der Waals surface area (Å²) < 4.78 is 52.5. The third kappa shape index (κ3) is 3.62. The van der Waals surface area contributed by atoms with Gasteiger partial charge in [-0.2, -0.15) is 0 Å². The monoisotopic (exact) mass is 365 g/mol. The number of hydrogen-bond acceptors (Lipinski definition) is 4. The number of nitrogens with one attached hydrogen (secondary N) is 1. The molecule has 134 valence electrons. The van der Waals surface area contributed by atoms with Crippen LogP contribution in [0.4, 0.5) is 4.39 Å².